The monoisotopic (exact) mass is 246 g/mol. The summed E-state index contributed by atoms with van der Waals surface area (Å²) >= 11 is 0. The summed E-state index contributed by atoms with van der Waals surface area (Å²) in [4.78, 5) is 11.0. The predicted molar refractivity (Wildman–Crippen MR) is 74.2 cm³/mol. The molecule has 0 spiro atoms. The van der Waals surface area contributed by atoms with Crippen LogP contribution in [-0.4, -0.2) is 44.3 Å². The Hall–Kier alpha value is -1.88. The van der Waals surface area contributed by atoms with Crippen LogP contribution >= 0.6 is 0 Å². The number of ether oxygens (including phenoxy) is 1. The van der Waals surface area contributed by atoms with Crippen LogP contribution in [0.25, 0.3) is 10.9 Å². The second-order valence-electron chi connectivity index (χ2n) is 4.20. The van der Waals surface area contributed by atoms with Gasteiger partial charge in [-0.15, -0.1) is 0 Å². The SMILES string of the molecule is COCCNc1nc(N(C)C)c2ccccc2n1. The first-order valence-electron chi connectivity index (χ1n) is 5.89. The molecular weight excluding hydrogens is 228 g/mol. The fourth-order valence-electron chi connectivity index (χ4n) is 1.74. The molecule has 0 atom stereocenters. The molecule has 0 fully saturated rings. The lowest BCUT2D eigenvalue weighted by atomic mass is 10.2. The Bertz CT molecular complexity index is 527. The predicted octanol–water partition coefficient (Wildman–Crippen LogP) is 1.75. The summed E-state index contributed by atoms with van der Waals surface area (Å²) in [5.74, 6) is 1.55. The van der Waals surface area contributed by atoms with Crippen molar-refractivity contribution in [1.82, 2.24) is 9.97 Å². The van der Waals surface area contributed by atoms with E-state index in [0.717, 1.165) is 16.7 Å². The van der Waals surface area contributed by atoms with Crippen LogP contribution in [0.2, 0.25) is 0 Å². The molecule has 0 amide bonds. The zero-order valence-electron chi connectivity index (χ0n) is 11.0. The Kier molecular flexibility index (Phi) is 3.94. The zero-order chi connectivity index (χ0) is 13.0. The number of methoxy groups -OCH3 is 1. The van der Waals surface area contributed by atoms with E-state index in [9.17, 15) is 0 Å². The van der Waals surface area contributed by atoms with Crippen molar-refractivity contribution in [3.63, 3.8) is 0 Å². The minimum atomic E-state index is 0.632. The molecule has 1 aromatic heterocycles. The van der Waals surface area contributed by atoms with Crippen molar-refractivity contribution in [2.24, 2.45) is 0 Å². The van der Waals surface area contributed by atoms with Crippen molar-refractivity contribution >= 4 is 22.7 Å². The summed E-state index contributed by atoms with van der Waals surface area (Å²) in [5.41, 5.74) is 0.941. The minimum absolute atomic E-state index is 0.632. The van der Waals surface area contributed by atoms with Crippen LogP contribution < -0.4 is 10.2 Å². The van der Waals surface area contributed by atoms with E-state index in [1.54, 1.807) is 7.11 Å². The largest absolute Gasteiger partial charge is 0.383 e. The number of anilines is 2. The molecular formula is C13H18N4O. The van der Waals surface area contributed by atoms with Crippen molar-refractivity contribution in [2.75, 3.05) is 44.6 Å². The van der Waals surface area contributed by atoms with Crippen LogP contribution in [0.1, 0.15) is 0 Å². The Morgan fingerprint density at radius 1 is 1.22 bits per heavy atom. The van der Waals surface area contributed by atoms with Gasteiger partial charge in [0.1, 0.15) is 5.82 Å². The molecule has 2 aromatic rings. The third-order valence-electron chi connectivity index (χ3n) is 2.60. The molecule has 1 N–H and O–H groups in total. The van der Waals surface area contributed by atoms with Gasteiger partial charge in [0, 0.05) is 33.1 Å². The second kappa shape index (κ2) is 5.64. The Morgan fingerprint density at radius 3 is 2.72 bits per heavy atom. The maximum Gasteiger partial charge on any atom is 0.225 e. The van der Waals surface area contributed by atoms with Gasteiger partial charge in [0.2, 0.25) is 5.95 Å². The molecule has 0 aliphatic heterocycles. The smallest absolute Gasteiger partial charge is 0.225 e. The third kappa shape index (κ3) is 2.68. The van der Waals surface area contributed by atoms with Crippen LogP contribution in [0.4, 0.5) is 11.8 Å². The highest BCUT2D eigenvalue weighted by Crippen LogP contribution is 2.23. The van der Waals surface area contributed by atoms with Crippen molar-refractivity contribution in [2.45, 2.75) is 0 Å². The molecule has 5 nitrogen and oxygen atoms in total. The second-order valence-corrected chi connectivity index (χ2v) is 4.20. The normalized spacial score (nSPS) is 10.6. The molecule has 0 aliphatic rings. The summed E-state index contributed by atoms with van der Waals surface area (Å²) in [6, 6.07) is 8.00. The first-order chi connectivity index (χ1) is 8.72. The number of nitrogens with zero attached hydrogens (tertiary/aromatic N) is 3. The highest BCUT2D eigenvalue weighted by Gasteiger charge is 2.08. The fraction of sp³-hybridized carbons (Fsp3) is 0.385. The lowest BCUT2D eigenvalue weighted by Gasteiger charge is -2.15. The first kappa shape index (κ1) is 12.6. The van der Waals surface area contributed by atoms with Gasteiger partial charge in [-0.2, -0.15) is 4.98 Å². The van der Waals surface area contributed by atoms with Gasteiger partial charge in [0.25, 0.3) is 0 Å². The molecule has 0 aliphatic carbocycles. The van der Waals surface area contributed by atoms with Crippen LogP contribution in [0.5, 0.6) is 0 Å². The maximum absolute atomic E-state index is 5.00. The van der Waals surface area contributed by atoms with E-state index in [0.29, 0.717) is 19.1 Å². The molecule has 2 rings (SSSR count). The van der Waals surface area contributed by atoms with E-state index in [4.69, 9.17) is 4.74 Å². The van der Waals surface area contributed by atoms with Gasteiger partial charge in [-0.05, 0) is 12.1 Å². The maximum atomic E-state index is 5.00. The molecule has 18 heavy (non-hydrogen) atoms. The van der Waals surface area contributed by atoms with E-state index < -0.39 is 0 Å². The zero-order valence-corrected chi connectivity index (χ0v) is 11.0. The van der Waals surface area contributed by atoms with Crippen LogP contribution in [0, 0.1) is 0 Å². The third-order valence-corrected chi connectivity index (χ3v) is 2.60. The van der Waals surface area contributed by atoms with E-state index in [-0.39, 0.29) is 0 Å². The van der Waals surface area contributed by atoms with Gasteiger partial charge < -0.3 is 15.0 Å². The van der Waals surface area contributed by atoms with Crippen molar-refractivity contribution in [1.29, 1.82) is 0 Å². The minimum Gasteiger partial charge on any atom is -0.383 e. The number of para-hydroxylation sites is 1. The summed E-state index contributed by atoms with van der Waals surface area (Å²) in [6.07, 6.45) is 0. The Labute approximate surface area is 107 Å². The quantitative estimate of drug-likeness (QED) is 0.815. The van der Waals surface area contributed by atoms with Crippen LogP contribution in [-0.2, 0) is 4.74 Å². The number of rotatable bonds is 5. The molecule has 96 valence electrons. The lowest BCUT2D eigenvalue weighted by Crippen LogP contribution is -2.15. The van der Waals surface area contributed by atoms with E-state index in [1.807, 2.05) is 43.3 Å². The summed E-state index contributed by atoms with van der Waals surface area (Å²) in [7, 11) is 5.63. The topological polar surface area (TPSA) is 50.3 Å². The van der Waals surface area contributed by atoms with E-state index in [1.165, 1.54) is 0 Å². The molecule has 0 saturated carbocycles. The van der Waals surface area contributed by atoms with E-state index in [2.05, 4.69) is 15.3 Å². The Balaban J connectivity index is 2.38. The number of nitrogens with one attached hydrogen (secondary N) is 1. The highest BCUT2D eigenvalue weighted by atomic mass is 16.5. The summed E-state index contributed by atoms with van der Waals surface area (Å²) < 4.78 is 5.00. The number of aromatic nitrogens is 2. The molecule has 0 unspecified atom stereocenters. The fourth-order valence-corrected chi connectivity index (χ4v) is 1.74. The molecule has 0 radical (unpaired) electrons. The number of hydrogen-bond acceptors (Lipinski definition) is 5. The molecule has 1 aromatic carbocycles. The molecule has 5 heteroatoms. The average molecular weight is 246 g/mol. The number of benzene rings is 1. The van der Waals surface area contributed by atoms with Gasteiger partial charge in [-0.25, -0.2) is 4.98 Å². The number of fused-ring (bicyclic) bond motifs is 1. The summed E-state index contributed by atoms with van der Waals surface area (Å²) in [6.45, 7) is 1.33. The average Bonchev–Trinajstić information content (AvgIpc) is 2.38. The molecule has 1 heterocycles. The summed E-state index contributed by atoms with van der Waals surface area (Å²) in [5, 5.41) is 4.21. The van der Waals surface area contributed by atoms with Gasteiger partial charge in [-0.3, -0.25) is 0 Å². The Morgan fingerprint density at radius 2 is 2.00 bits per heavy atom. The highest BCUT2D eigenvalue weighted by molar-refractivity contribution is 5.90. The van der Waals surface area contributed by atoms with Crippen LogP contribution in [0.15, 0.2) is 24.3 Å². The van der Waals surface area contributed by atoms with Gasteiger partial charge in [-0.1, -0.05) is 12.1 Å². The van der Waals surface area contributed by atoms with Crippen LogP contribution in [0.3, 0.4) is 0 Å². The standard InChI is InChI=1S/C13H18N4O/c1-17(2)12-10-6-4-5-7-11(10)15-13(16-12)14-8-9-18-3/h4-7H,8-9H2,1-3H3,(H,14,15,16). The lowest BCUT2D eigenvalue weighted by molar-refractivity contribution is 0.210. The van der Waals surface area contributed by atoms with E-state index >= 15 is 0 Å². The number of hydrogen-bond donors (Lipinski definition) is 1. The van der Waals surface area contributed by atoms with Gasteiger partial charge >= 0.3 is 0 Å². The van der Waals surface area contributed by atoms with Crippen molar-refractivity contribution in [3.05, 3.63) is 24.3 Å². The van der Waals surface area contributed by atoms with Crippen molar-refractivity contribution in [3.8, 4) is 0 Å². The van der Waals surface area contributed by atoms with Crippen molar-refractivity contribution < 1.29 is 4.74 Å². The van der Waals surface area contributed by atoms with Gasteiger partial charge in [0.15, 0.2) is 0 Å². The first-order valence-corrected chi connectivity index (χ1v) is 5.89. The molecule has 0 bridgehead atoms. The van der Waals surface area contributed by atoms with Gasteiger partial charge in [0.05, 0.1) is 12.1 Å². The molecule has 0 saturated heterocycles.